The molecule has 0 nitrogen and oxygen atoms in total. The van der Waals surface area contributed by atoms with E-state index in [1.807, 2.05) is 13.0 Å². The Labute approximate surface area is 80.9 Å². The largest absolute Gasteiger partial charge is 0.207 e. The number of benzene rings is 1. The number of rotatable bonds is 2. The first kappa shape index (κ1) is 9.72. The lowest BCUT2D eigenvalue weighted by Gasteiger charge is -2.07. The minimum Gasteiger partial charge on any atom is -0.207 e. The molecule has 0 aromatic heterocycles. The maximum absolute atomic E-state index is 13.0. The summed E-state index contributed by atoms with van der Waals surface area (Å²) in [6.45, 7) is 3.88. The van der Waals surface area contributed by atoms with Gasteiger partial charge in [0.1, 0.15) is 5.82 Å². The molecule has 0 aliphatic carbocycles. The summed E-state index contributed by atoms with van der Waals surface area (Å²) in [6, 6.07) is 5.22. The van der Waals surface area contributed by atoms with Crippen LogP contribution in [-0.4, -0.2) is 4.83 Å². The highest BCUT2D eigenvalue weighted by atomic mass is 79.9. The highest BCUT2D eigenvalue weighted by molar-refractivity contribution is 9.09. The highest BCUT2D eigenvalue weighted by Gasteiger charge is 2.05. The van der Waals surface area contributed by atoms with Gasteiger partial charge in [0.25, 0.3) is 0 Å². The molecule has 0 saturated carbocycles. The van der Waals surface area contributed by atoms with Gasteiger partial charge in [0.15, 0.2) is 0 Å². The van der Waals surface area contributed by atoms with E-state index in [-0.39, 0.29) is 5.82 Å². The van der Waals surface area contributed by atoms with Gasteiger partial charge in [0.2, 0.25) is 0 Å². The van der Waals surface area contributed by atoms with Crippen LogP contribution in [-0.2, 0) is 6.42 Å². The molecule has 0 fully saturated rings. The summed E-state index contributed by atoms with van der Waals surface area (Å²) in [5, 5.41) is 0. The van der Waals surface area contributed by atoms with E-state index in [9.17, 15) is 4.39 Å². The van der Waals surface area contributed by atoms with Gasteiger partial charge in [-0.1, -0.05) is 35.0 Å². The minimum atomic E-state index is -0.111. The summed E-state index contributed by atoms with van der Waals surface area (Å²) in [4.78, 5) is 0.401. The number of halogens is 2. The lowest BCUT2D eigenvalue weighted by atomic mass is 10.0. The molecule has 0 heterocycles. The lowest BCUT2D eigenvalue weighted by molar-refractivity contribution is 0.615. The van der Waals surface area contributed by atoms with Crippen LogP contribution < -0.4 is 0 Å². The van der Waals surface area contributed by atoms with Crippen molar-refractivity contribution in [3.63, 3.8) is 0 Å². The van der Waals surface area contributed by atoms with Gasteiger partial charge in [0.05, 0.1) is 0 Å². The van der Waals surface area contributed by atoms with Crippen LogP contribution >= 0.6 is 15.9 Å². The van der Waals surface area contributed by atoms with E-state index in [1.165, 1.54) is 6.07 Å². The van der Waals surface area contributed by atoms with E-state index in [4.69, 9.17) is 0 Å². The van der Waals surface area contributed by atoms with Crippen molar-refractivity contribution in [2.75, 3.05) is 0 Å². The monoisotopic (exact) mass is 230 g/mol. The standard InChI is InChI=1S/C10H12BrF/c1-7(11)6-9-4-3-5-10(12)8(9)2/h3-5,7H,6H2,1-2H3. The second-order valence-corrected chi connectivity index (χ2v) is 4.57. The SMILES string of the molecule is Cc1c(F)cccc1CC(C)Br. The van der Waals surface area contributed by atoms with Crippen LogP contribution in [0.1, 0.15) is 18.1 Å². The van der Waals surface area contributed by atoms with Crippen LogP contribution in [0.15, 0.2) is 18.2 Å². The Morgan fingerprint density at radius 1 is 1.50 bits per heavy atom. The van der Waals surface area contributed by atoms with Crippen LogP contribution in [0.25, 0.3) is 0 Å². The maximum Gasteiger partial charge on any atom is 0.126 e. The average Bonchev–Trinajstić information content (AvgIpc) is 1.98. The fourth-order valence-electron chi connectivity index (χ4n) is 1.18. The molecule has 0 aliphatic heterocycles. The summed E-state index contributed by atoms with van der Waals surface area (Å²) >= 11 is 3.45. The molecule has 0 aliphatic rings. The van der Waals surface area contributed by atoms with E-state index in [2.05, 4.69) is 22.9 Å². The third-order valence-electron chi connectivity index (χ3n) is 1.88. The fraction of sp³-hybridized carbons (Fsp3) is 0.400. The zero-order chi connectivity index (χ0) is 9.14. The van der Waals surface area contributed by atoms with Gasteiger partial charge in [-0.15, -0.1) is 0 Å². The molecule has 0 amide bonds. The summed E-state index contributed by atoms with van der Waals surface area (Å²) in [5.74, 6) is -0.111. The number of hydrogen-bond donors (Lipinski definition) is 0. The van der Waals surface area contributed by atoms with Crippen molar-refractivity contribution in [1.29, 1.82) is 0 Å². The van der Waals surface area contributed by atoms with Crippen molar-refractivity contribution in [3.8, 4) is 0 Å². The van der Waals surface area contributed by atoms with Crippen molar-refractivity contribution in [3.05, 3.63) is 35.1 Å². The molecule has 66 valence electrons. The maximum atomic E-state index is 13.0. The van der Waals surface area contributed by atoms with E-state index < -0.39 is 0 Å². The quantitative estimate of drug-likeness (QED) is 0.683. The Morgan fingerprint density at radius 2 is 2.17 bits per heavy atom. The molecule has 12 heavy (non-hydrogen) atoms. The first-order chi connectivity index (χ1) is 5.61. The smallest absolute Gasteiger partial charge is 0.126 e. The molecule has 0 N–H and O–H groups in total. The van der Waals surface area contributed by atoms with E-state index in [1.54, 1.807) is 6.07 Å². The Bertz CT molecular complexity index is 269. The predicted octanol–water partition coefficient (Wildman–Crippen LogP) is 3.46. The molecule has 0 radical (unpaired) electrons. The van der Waals surface area contributed by atoms with Crippen molar-refractivity contribution < 1.29 is 4.39 Å². The molecule has 1 atom stereocenters. The van der Waals surface area contributed by atoms with Crippen LogP contribution in [0, 0.1) is 12.7 Å². The first-order valence-electron chi connectivity index (χ1n) is 3.99. The summed E-state index contributed by atoms with van der Waals surface area (Å²) < 4.78 is 13.0. The molecule has 1 aromatic rings. The number of hydrogen-bond acceptors (Lipinski definition) is 0. The van der Waals surface area contributed by atoms with Crippen molar-refractivity contribution in [2.45, 2.75) is 25.1 Å². The van der Waals surface area contributed by atoms with Gasteiger partial charge >= 0.3 is 0 Å². The van der Waals surface area contributed by atoms with Crippen LogP contribution in [0.4, 0.5) is 4.39 Å². The van der Waals surface area contributed by atoms with Crippen molar-refractivity contribution in [1.82, 2.24) is 0 Å². The molecule has 1 rings (SSSR count). The third kappa shape index (κ3) is 2.31. The van der Waals surface area contributed by atoms with Gasteiger partial charge < -0.3 is 0 Å². The first-order valence-corrected chi connectivity index (χ1v) is 4.91. The zero-order valence-corrected chi connectivity index (χ0v) is 8.86. The summed E-state index contributed by atoms with van der Waals surface area (Å²) in [5.41, 5.74) is 1.85. The molecular weight excluding hydrogens is 219 g/mol. The third-order valence-corrected chi connectivity index (χ3v) is 2.20. The molecule has 1 unspecified atom stereocenters. The van der Waals surface area contributed by atoms with Gasteiger partial charge in [-0.05, 0) is 30.5 Å². The summed E-state index contributed by atoms with van der Waals surface area (Å²) in [6.07, 6.45) is 0.879. The van der Waals surface area contributed by atoms with E-state index >= 15 is 0 Å². The van der Waals surface area contributed by atoms with Crippen LogP contribution in [0.2, 0.25) is 0 Å². The average molecular weight is 231 g/mol. The Hall–Kier alpha value is -0.370. The zero-order valence-electron chi connectivity index (χ0n) is 7.27. The number of alkyl halides is 1. The minimum absolute atomic E-state index is 0.111. The molecule has 0 bridgehead atoms. The predicted molar refractivity (Wildman–Crippen MR) is 53.2 cm³/mol. The molecule has 0 spiro atoms. The van der Waals surface area contributed by atoms with Crippen molar-refractivity contribution in [2.24, 2.45) is 0 Å². The highest BCUT2D eigenvalue weighted by Crippen LogP contribution is 2.16. The fourth-order valence-corrected chi connectivity index (χ4v) is 1.53. The topological polar surface area (TPSA) is 0 Å². The second-order valence-electron chi connectivity index (χ2n) is 3.01. The lowest BCUT2D eigenvalue weighted by Crippen LogP contribution is -2.00. The van der Waals surface area contributed by atoms with E-state index in [0.29, 0.717) is 4.83 Å². The molecule has 0 saturated heterocycles. The van der Waals surface area contributed by atoms with E-state index in [0.717, 1.165) is 17.5 Å². The van der Waals surface area contributed by atoms with Gasteiger partial charge in [-0.3, -0.25) is 0 Å². The Morgan fingerprint density at radius 3 is 2.75 bits per heavy atom. The normalized spacial score (nSPS) is 13.0. The van der Waals surface area contributed by atoms with Crippen molar-refractivity contribution >= 4 is 15.9 Å². The molecular formula is C10H12BrF. The van der Waals surface area contributed by atoms with Crippen LogP contribution in [0.5, 0.6) is 0 Å². The van der Waals surface area contributed by atoms with Crippen LogP contribution in [0.3, 0.4) is 0 Å². The molecule has 1 aromatic carbocycles. The van der Waals surface area contributed by atoms with Gasteiger partial charge in [-0.2, -0.15) is 0 Å². The van der Waals surface area contributed by atoms with Gasteiger partial charge in [-0.25, -0.2) is 4.39 Å². The molecule has 2 heteroatoms. The van der Waals surface area contributed by atoms with Gasteiger partial charge in [0, 0.05) is 4.83 Å². The summed E-state index contributed by atoms with van der Waals surface area (Å²) in [7, 11) is 0. The Balaban J connectivity index is 2.92. The second kappa shape index (κ2) is 4.04. The Kier molecular flexibility index (Phi) is 3.27.